The molecule has 1 fully saturated rings. The highest BCUT2D eigenvalue weighted by Crippen LogP contribution is 2.20. The third kappa shape index (κ3) is 5.33. The van der Waals surface area contributed by atoms with Gasteiger partial charge in [-0.05, 0) is 63.0 Å². The van der Waals surface area contributed by atoms with Crippen LogP contribution in [0.3, 0.4) is 0 Å². The Labute approximate surface area is 162 Å². The maximum absolute atomic E-state index is 13.2. The Morgan fingerprint density at radius 2 is 1.93 bits per heavy atom. The van der Waals surface area contributed by atoms with Crippen LogP contribution in [0.5, 0.6) is 5.75 Å². The summed E-state index contributed by atoms with van der Waals surface area (Å²) in [5.74, 6) is 0.855. The Morgan fingerprint density at radius 1 is 1.15 bits per heavy atom. The van der Waals surface area contributed by atoms with Crippen molar-refractivity contribution in [2.24, 2.45) is 0 Å². The molecule has 0 aromatic heterocycles. The molecule has 1 heterocycles. The summed E-state index contributed by atoms with van der Waals surface area (Å²) in [5, 5.41) is 3.38. The summed E-state index contributed by atoms with van der Waals surface area (Å²) in [6, 6.07) is 16.2. The van der Waals surface area contributed by atoms with Crippen LogP contribution in [0.4, 0.5) is 0 Å². The van der Waals surface area contributed by atoms with Gasteiger partial charge in [0.1, 0.15) is 12.4 Å². The fraction of sp³-hybridized carbons (Fsp3) is 0.435. The molecule has 1 amide bonds. The highest BCUT2D eigenvalue weighted by Gasteiger charge is 2.25. The van der Waals surface area contributed by atoms with Crippen molar-refractivity contribution in [3.8, 4) is 5.75 Å². The van der Waals surface area contributed by atoms with Gasteiger partial charge in [0.2, 0.25) is 0 Å². The van der Waals surface area contributed by atoms with Gasteiger partial charge in [-0.1, -0.05) is 42.8 Å². The first kappa shape index (κ1) is 19.4. The van der Waals surface area contributed by atoms with E-state index in [4.69, 9.17) is 4.74 Å². The van der Waals surface area contributed by atoms with Crippen LogP contribution < -0.4 is 10.1 Å². The number of nitrogens with one attached hydrogen (secondary N) is 1. The van der Waals surface area contributed by atoms with Crippen LogP contribution in [0.25, 0.3) is 0 Å². The van der Waals surface area contributed by atoms with E-state index in [0.717, 1.165) is 50.2 Å². The van der Waals surface area contributed by atoms with Gasteiger partial charge in [0, 0.05) is 18.2 Å². The number of carbonyl (C=O) groups excluding carboxylic acids is 1. The predicted octanol–water partition coefficient (Wildman–Crippen LogP) is 4.18. The molecule has 0 saturated carbocycles. The van der Waals surface area contributed by atoms with E-state index in [2.05, 4.69) is 42.3 Å². The van der Waals surface area contributed by atoms with Gasteiger partial charge < -0.3 is 15.0 Å². The molecule has 4 nitrogen and oxygen atoms in total. The molecule has 0 radical (unpaired) electrons. The second kappa shape index (κ2) is 9.56. The highest BCUT2D eigenvalue weighted by molar-refractivity contribution is 5.94. The zero-order chi connectivity index (χ0) is 19.1. The zero-order valence-corrected chi connectivity index (χ0v) is 16.4. The van der Waals surface area contributed by atoms with Gasteiger partial charge in [-0.15, -0.1) is 0 Å². The third-order valence-electron chi connectivity index (χ3n) is 5.04. The van der Waals surface area contributed by atoms with Crippen molar-refractivity contribution in [2.75, 3.05) is 19.6 Å². The molecule has 2 aromatic rings. The molecule has 144 valence electrons. The quantitative estimate of drug-likeness (QED) is 0.799. The van der Waals surface area contributed by atoms with Crippen molar-refractivity contribution < 1.29 is 9.53 Å². The Bertz CT molecular complexity index is 754. The lowest BCUT2D eigenvalue weighted by Crippen LogP contribution is -2.46. The van der Waals surface area contributed by atoms with E-state index in [1.807, 2.05) is 30.3 Å². The van der Waals surface area contributed by atoms with Crippen molar-refractivity contribution in [3.63, 3.8) is 0 Å². The lowest BCUT2D eigenvalue weighted by atomic mass is 10.0. The van der Waals surface area contributed by atoms with Crippen LogP contribution in [-0.2, 0) is 6.61 Å². The molecule has 1 aliphatic rings. The number of benzene rings is 2. The average molecular weight is 367 g/mol. The van der Waals surface area contributed by atoms with Gasteiger partial charge >= 0.3 is 0 Å². The number of rotatable bonds is 7. The van der Waals surface area contributed by atoms with Gasteiger partial charge in [-0.3, -0.25) is 4.79 Å². The summed E-state index contributed by atoms with van der Waals surface area (Å²) in [6.07, 6.45) is 3.02. The number of hydrogen-bond acceptors (Lipinski definition) is 3. The van der Waals surface area contributed by atoms with E-state index in [1.165, 1.54) is 5.56 Å². The molecule has 0 unspecified atom stereocenters. The summed E-state index contributed by atoms with van der Waals surface area (Å²) in [4.78, 5) is 15.2. The molecular formula is C23H30N2O2. The molecule has 0 spiro atoms. The Morgan fingerprint density at radius 3 is 2.67 bits per heavy atom. The van der Waals surface area contributed by atoms with E-state index in [-0.39, 0.29) is 5.91 Å². The molecule has 1 N–H and O–H groups in total. The first-order chi connectivity index (χ1) is 13.2. The minimum absolute atomic E-state index is 0.116. The van der Waals surface area contributed by atoms with Crippen molar-refractivity contribution in [1.29, 1.82) is 0 Å². The second-order valence-electron chi connectivity index (χ2n) is 7.29. The van der Waals surface area contributed by atoms with Gasteiger partial charge in [0.05, 0.1) is 0 Å². The average Bonchev–Trinajstić information content (AvgIpc) is 2.71. The number of carbonyl (C=O) groups is 1. The number of amides is 1. The molecular weight excluding hydrogens is 336 g/mol. The summed E-state index contributed by atoms with van der Waals surface area (Å²) >= 11 is 0. The zero-order valence-electron chi connectivity index (χ0n) is 16.4. The minimum atomic E-state index is 0.116. The maximum Gasteiger partial charge on any atom is 0.254 e. The number of piperidine rings is 1. The fourth-order valence-corrected chi connectivity index (χ4v) is 3.66. The van der Waals surface area contributed by atoms with E-state index < -0.39 is 0 Å². The number of aryl methyl sites for hydroxylation is 1. The summed E-state index contributed by atoms with van der Waals surface area (Å²) < 4.78 is 5.94. The van der Waals surface area contributed by atoms with Crippen molar-refractivity contribution in [2.45, 2.75) is 45.8 Å². The normalized spacial score (nSPS) is 14.7. The third-order valence-corrected chi connectivity index (χ3v) is 5.04. The molecule has 0 atom stereocenters. The van der Waals surface area contributed by atoms with Crippen LogP contribution in [0.2, 0.25) is 0 Å². The summed E-state index contributed by atoms with van der Waals surface area (Å²) in [6.45, 7) is 7.48. The number of ether oxygens (including phenoxy) is 1. The van der Waals surface area contributed by atoms with E-state index >= 15 is 0 Å². The predicted molar refractivity (Wildman–Crippen MR) is 109 cm³/mol. The van der Waals surface area contributed by atoms with Crippen molar-refractivity contribution in [1.82, 2.24) is 10.2 Å². The first-order valence-electron chi connectivity index (χ1n) is 9.97. The molecule has 0 aliphatic carbocycles. The van der Waals surface area contributed by atoms with Gasteiger partial charge in [-0.2, -0.15) is 0 Å². The molecule has 2 aromatic carbocycles. The van der Waals surface area contributed by atoms with Gasteiger partial charge in [0.25, 0.3) is 5.91 Å². The smallest absolute Gasteiger partial charge is 0.254 e. The fourth-order valence-electron chi connectivity index (χ4n) is 3.66. The van der Waals surface area contributed by atoms with Crippen molar-refractivity contribution >= 4 is 5.91 Å². The molecule has 4 heteroatoms. The standard InChI is InChI=1S/C23H30N2O2/c1-3-14-25(21-10-12-24-13-11-21)23(26)20-8-5-9-22(16-20)27-17-19-7-4-6-18(2)15-19/h4-9,15-16,21,24H,3,10-14,17H2,1-2H3. The first-order valence-corrected chi connectivity index (χ1v) is 9.97. The topological polar surface area (TPSA) is 41.6 Å². The minimum Gasteiger partial charge on any atom is -0.489 e. The van der Waals surface area contributed by atoms with E-state index in [0.29, 0.717) is 18.2 Å². The summed E-state index contributed by atoms with van der Waals surface area (Å²) in [5.41, 5.74) is 3.06. The van der Waals surface area contributed by atoms with Gasteiger partial charge in [-0.25, -0.2) is 0 Å². The highest BCUT2D eigenvalue weighted by atomic mass is 16.5. The van der Waals surface area contributed by atoms with Crippen LogP contribution in [0.15, 0.2) is 48.5 Å². The van der Waals surface area contributed by atoms with Gasteiger partial charge in [0.15, 0.2) is 0 Å². The SMILES string of the molecule is CCCN(C(=O)c1cccc(OCc2cccc(C)c2)c1)C1CCNCC1. The lowest BCUT2D eigenvalue weighted by molar-refractivity contribution is 0.0642. The Kier molecular flexibility index (Phi) is 6.88. The maximum atomic E-state index is 13.2. The second-order valence-corrected chi connectivity index (χ2v) is 7.29. The number of nitrogens with zero attached hydrogens (tertiary/aromatic N) is 1. The van der Waals surface area contributed by atoms with E-state index in [1.54, 1.807) is 0 Å². The van der Waals surface area contributed by atoms with Crippen LogP contribution >= 0.6 is 0 Å². The number of hydrogen-bond donors (Lipinski definition) is 1. The summed E-state index contributed by atoms with van der Waals surface area (Å²) in [7, 11) is 0. The van der Waals surface area contributed by atoms with Crippen molar-refractivity contribution in [3.05, 3.63) is 65.2 Å². The monoisotopic (exact) mass is 366 g/mol. The molecule has 1 aliphatic heterocycles. The Balaban J connectivity index is 1.69. The molecule has 1 saturated heterocycles. The molecule has 0 bridgehead atoms. The molecule has 27 heavy (non-hydrogen) atoms. The van der Waals surface area contributed by atoms with Crippen LogP contribution in [0, 0.1) is 6.92 Å². The largest absolute Gasteiger partial charge is 0.489 e. The van der Waals surface area contributed by atoms with Crippen LogP contribution in [0.1, 0.15) is 47.7 Å². The van der Waals surface area contributed by atoms with Crippen LogP contribution in [-0.4, -0.2) is 36.5 Å². The van der Waals surface area contributed by atoms with E-state index in [9.17, 15) is 4.79 Å². The Hall–Kier alpha value is -2.33. The molecule has 3 rings (SSSR count). The lowest BCUT2D eigenvalue weighted by Gasteiger charge is -2.34.